The summed E-state index contributed by atoms with van der Waals surface area (Å²) in [4.78, 5) is 0. The molecule has 5 N–H and O–H groups in total. The Morgan fingerprint density at radius 2 is 2.00 bits per heavy atom. The van der Waals surface area contributed by atoms with Crippen LogP contribution in [0.25, 0.3) is 0 Å². The van der Waals surface area contributed by atoms with E-state index >= 15 is 0 Å². The number of rotatable bonds is 5. The van der Waals surface area contributed by atoms with Crippen LogP contribution in [0.15, 0.2) is 18.2 Å². The first-order valence-corrected chi connectivity index (χ1v) is 5.41. The second kappa shape index (κ2) is 5.50. The Morgan fingerprint density at radius 1 is 1.38 bits per heavy atom. The van der Waals surface area contributed by atoms with Gasteiger partial charge in [0.05, 0.1) is 18.8 Å². The lowest BCUT2D eigenvalue weighted by molar-refractivity contribution is 0.147. The molecule has 4 nitrogen and oxygen atoms in total. The third-order valence-electron chi connectivity index (χ3n) is 2.42. The summed E-state index contributed by atoms with van der Waals surface area (Å²) in [5.41, 5.74) is 6.45. The van der Waals surface area contributed by atoms with Crippen molar-refractivity contribution >= 4 is 17.3 Å². The van der Waals surface area contributed by atoms with Gasteiger partial charge in [0.15, 0.2) is 0 Å². The fourth-order valence-electron chi connectivity index (χ4n) is 1.31. The predicted molar refractivity (Wildman–Crippen MR) is 65.5 cm³/mol. The second-order valence-electron chi connectivity index (χ2n) is 4.01. The van der Waals surface area contributed by atoms with Gasteiger partial charge in [0, 0.05) is 17.3 Å². The van der Waals surface area contributed by atoms with Gasteiger partial charge in [-0.3, -0.25) is 0 Å². The summed E-state index contributed by atoms with van der Waals surface area (Å²) in [6.07, 6.45) is 0. The van der Waals surface area contributed by atoms with Gasteiger partial charge in [0.1, 0.15) is 0 Å². The molecule has 0 unspecified atom stereocenters. The van der Waals surface area contributed by atoms with E-state index in [0.717, 1.165) is 11.3 Å². The fourth-order valence-corrected chi connectivity index (χ4v) is 1.50. The largest absolute Gasteiger partial charge is 0.394 e. The molecule has 0 radical (unpaired) electrons. The van der Waals surface area contributed by atoms with Gasteiger partial charge in [-0.05, 0) is 30.7 Å². The van der Waals surface area contributed by atoms with E-state index in [1.165, 1.54) is 0 Å². The number of aliphatic hydroxyl groups is 2. The Morgan fingerprint density at radius 3 is 2.50 bits per heavy atom. The second-order valence-corrected chi connectivity index (χ2v) is 4.44. The standard InChI is InChI=1S/C11H17ClN2O2/c1-11(6-15,7-16)14-10-3-2-9(12)4-8(10)5-13/h2-4,14-16H,5-7,13H2,1H3. The van der Waals surface area contributed by atoms with E-state index in [1.54, 1.807) is 25.1 Å². The number of hydrogen-bond acceptors (Lipinski definition) is 4. The molecule has 0 fully saturated rings. The first kappa shape index (κ1) is 13.3. The van der Waals surface area contributed by atoms with Gasteiger partial charge in [-0.15, -0.1) is 0 Å². The lowest BCUT2D eigenvalue weighted by atomic mass is 10.0. The molecule has 0 heterocycles. The van der Waals surface area contributed by atoms with Crippen LogP contribution in [0.2, 0.25) is 5.02 Å². The van der Waals surface area contributed by atoms with Gasteiger partial charge in [0.2, 0.25) is 0 Å². The molecule has 1 aromatic carbocycles. The molecule has 0 spiro atoms. The van der Waals surface area contributed by atoms with E-state index < -0.39 is 5.54 Å². The lowest BCUT2D eigenvalue weighted by Gasteiger charge is -2.28. The number of anilines is 1. The van der Waals surface area contributed by atoms with Crippen LogP contribution in [0.1, 0.15) is 12.5 Å². The molecule has 0 atom stereocenters. The molecule has 0 saturated heterocycles. The van der Waals surface area contributed by atoms with E-state index in [0.29, 0.717) is 11.6 Å². The smallest absolute Gasteiger partial charge is 0.0806 e. The minimum atomic E-state index is -0.766. The number of aliphatic hydroxyl groups excluding tert-OH is 2. The van der Waals surface area contributed by atoms with Crippen molar-refractivity contribution in [3.8, 4) is 0 Å². The Kier molecular flexibility index (Phi) is 4.56. The molecule has 5 heteroatoms. The number of nitrogens with one attached hydrogen (secondary N) is 1. The Bertz CT molecular complexity index is 354. The number of nitrogens with two attached hydrogens (primary N) is 1. The van der Waals surface area contributed by atoms with Crippen molar-refractivity contribution in [3.05, 3.63) is 28.8 Å². The van der Waals surface area contributed by atoms with Crippen molar-refractivity contribution in [3.63, 3.8) is 0 Å². The Hall–Kier alpha value is -0.810. The highest BCUT2D eigenvalue weighted by Crippen LogP contribution is 2.23. The van der Waals surface area contributed by atoms with E-state index in [2.05, 4.69) is 5.32 Å². The molecule has 90 valence electrons. The first-order chi connectivity index (χ1) is 7.54. The third-order valence-corrected chi connectivity index (χ3v) is 2.66. The monoisotopic (exact) mass is 244 g/mol. The quantitative estimate of drug-likeness (QED) is 0.622. The average Bonchev–Trinajstić information content (AvgIpc) is 2.31. The number of halogens is 1. The van der Waals surface area contributed by atoms with Gasteiger partial charge in [-0.1, -0.05) is 11.6 Å². The van der Waals surface area contributed by atoms with Crippen LogP contribution in [-0.2, 0) is 6.54 Å². The molecular weight excluding hydrogens is 228 g/mol. The normalized spacial score (nSPS) is 11.6. The van der Waals surface area contributed by atoms with Crippen molar-refractivity contribution in [1.29, 1.82) is 0 Å². The van der Waals surface area contributed by atoms with Crippen LogP contribution in [0.3, 0.4) is 0 Å². The van der Waals surface area contributed by atoms with Gasteiger partial charge >= 0.3 is 0 Å². The number of hydrogen-bond donors (Lipinski definition) is 4. The molecule has 0 amide bonds. The van der Waals surface area contributed by atoms with Crippen LogP contribution in [0.4, 0.5) is 5.69 Å². The van der Waals surface area contributed by atoms with Crippen LogP contribution in [0, 0.1) is 0 Å². The molecular formula is C11H17ClN2O2. The molecule has 1 aromatic rings. The lowest BCUT2D eigenvalue weighted by Crippen LogP contribution is -2.42. The van der Waals surface area contributed by atoms with Gasteiger partial charge in [0.25, 0.3) is 0 Å². The van der Waals surface area contributed by atoms with E-state index in [1.807, 2.05) is 0 Å². The van der Waals surface area contributed by atoms with E-state index in [4.69, 9.17) is 17.3 Å². The third kappa shape index (κ3) is 3.09. The molecule has 16 heavy (non-hydrogen) atoms. The highest BCUT2D eigenvalue weighted by molar-refractivity contribution is 6.30. The summed E-state index contributed by atoms with van der Waals surface area (Å²) in [6, 6.07) is 5.28. The highest BCUT2D eigenvalue weighted by atomic mass is 35.5. The fraction of sp³-hybridized carbons (Fsp3) is 0.455. The molecule has 0 aliphatic rings. The van der Waals surface area contributed by atoms with Crippen molar-refractivity contribution in [2.24, 2.45) is 5.73 Å². The minimum absolute atomic E-state index is 0.170. The van der Waals surface area contributed by atoms with Gasteiger partial charge in [-0.2, -0.15) is 0 Å². The summed E-state index contributed by atoms with van der Waals surface area (Å²) < 4.78 is 0. The summed E-state index contributed by atoms with van der Waals surface area (Å²) in [5.74, 6) is 0. The topological polar surface area (TPSA) is 78.5 Å². The zero-order valence-electron chi connectivity index (χ0n) is 9.20. The minimum Gasteiger partial charge on any atom is -0.394 e. The maximum atomic E-state index is 9.18. The molecule has 0 aromatic heterocycles. The predicted octanol–water partition coefficient (Wildman–Crippen LogP) is 0.954. The SMILES string of the molecule is CC(CO)(CO)Nc1ccc(Cl)cc1CN. The van der Waals surface area contributed by atoms with Crippen molar-refractivity contribution in [2.75, 3.05) is 18.5 Å². The summed E-state index contributed by atoms with van der Waals surface area (Å²) in [5, 5.41) is 22.0. The molecule has 0 aliphatic heterocycles. The van der Waals surface area contributed by atoms with Crippen molar-refractivity contribution in [2.45, 2.75) is 19.0 Å². The summed E-state index contributed by atoms with van der Waals surface area (Å²) >= 11 is 5.85. The van der Waals surface area contributed by atoms with Crippen LogP contribution in [-0.4, -0.2) is 29.0 Å². The summed E-state index contributed by atoms with van der Waals surface area (Å²) in [7, 11) is 0. The maximum absolute atomic E-state index is 9.18. The zero-order chi connectivity index (χ0) is 12.2. The number of benzene rings is 1. The molecule has 0 aliphatic carbocycles. The average molecular weight is 245 g/mol. The van der Waals surface area contributed by atoms with Crippen molar-refractivity contribution < 1.29 is 10.2 Å². The maximum Gasteiger partial charge on any atom is 0.0806 e. The van der Waals surface area contributed by atoms with E-state index in [-0.39, 0.29) is 13.2 Å². The zero-order valence-corrected chi connectivity index (χ0v) is 9.96. The summed E-state index contributed by atoms with van der Waals surface area (Å²) in [6.45, 7) is 1.73. The van der Waals surface area contributed by atoms with Crippen LogP contribution < -0.4 is 11.1 Å². The van der Waals surface area contributed by atoms with Crippen LogP contribution >= 0.6 is 11.6 Å². The van der Waals surface area contributed by atoms with Gasteiger partial charge < -0.3 is 21.3 Å². The molecule has 0 saturated carbocycles. The first-order valence-electron chi connectivity index (χ1n) is 5.03. The molecule has 1 rings (SSSR count). The van der Waals surface area contributed by atoms with Crippen LogP contribution in [0.5, 0.6) is 0 Å². The van der Waals surface area contributed by atoms with Crippen molar-refractivity contribution in [1.82, 2.24) is 0 Å². The molecule has 0 bridgehead atoms. The van der Waals surface area contributed by atoms with Gasteiger partial charge in [-0.25, -0.2) is 0 Å². The highest BCUT2D eigenvalue weighted by Gasteiger charge is 2.22. The van der Waals surface area contributed by atoms with E-state index in [9.17, 15) is 10.2 Å². The Balaban J connectivity index is 2.96. The Labute approximate surface area is 100 Å².